The van der Waals surface area contributed by atoms with Crippen LogP contribution in [0.3, 0.4) is 0 Å². The van der Waals surface area contributed by atoms with Gasteiger partial charge < -0.3 is 15.7 Å². The number of rotatable bonds is 5. The van der Waals surface area contributed by atoms with Crippen LogP contribution in [-0.2, 0) is 0 Å². The van der Waals surface area contributed by atoms with Crippen LogP contribution < -0.4 is 10.6 Å². The molecule has 1 aromatic carbocycles. The summed E-state index contributed by atoms with van der Waals surface area (Å²) in [7, 11) is 0. The second-order valence-corrected chi connectivity index (χ2v) is 6.62. The van der Waals surface area contributed by atoms with E-state index in [4.69, 9.17) is 5.11 Å². The Morgan fingerprint density at radius 3 is 2.50 bits per heavy atom. The van der Waals surface area contributed by atoms with E-state index in [1.54, 1.807) is 30.8 Å². The lowest BCUT2D eigenvalue weighted by atomic mass is 10.1. The Labute approximate surface area is 123 Å². The summed E-state index contributed by atoms with van der Waals surface area (Å²) < 4.78 is -0.0274. The predicted octanol–water partition coefficient (Wildman–Crippen LogP) is 2.96. The number of carboxylic acids is 1. The molecule has 0 aliphatic heterocycles. The van der Waals surface area contributed by atoms with Crippen molar-refractivity contribution in [3.63, 3.8) is 0 Å². The Bertz CT molecular complexity index is 515. The van der Waals surface area contributed by atoms with Crippen LogP contribution in [0.1, 0.15) is 29.8 Å². The highest BCUT2D eigenvalue weighted by molar-refractivity contribution is 7.99. The number of carbonyl (C=O) groups excluding carboxylic acids is 1. The zero-order valence-electron chi connectivity index (χ0n) is 12.1. The number of benzene rings is 1. The topological polar surface area (TPSA) is 78.4 Å². The Morgan fingerprint density at radius 1 is 1.35 bits per heavy atom. The van der Waals surface area contributed by atoms with Crippen LogP contribution >= 0.6 is 11.8 Å². The highest BCUT2D eigenvalue weighted by atomic mass is 32.2. The summed E-state index contributed by atoms with van der Waals surface area (Å²) in [5, 5.41) is 14.4. The second kappa shape index (κ2) is 6.65. The molecule has 0 aliphatic carbocycles. The van der Waals surface area contributed by atoms with Crippen LogP contribution in [0, 0.1) is 6.92 Å². The lowest BCUT2D eigenvalue weighted by Gasteiger charge is -2.22. The number of amides is 2. The molecule has 2 amide bonds. The fraction of sp³-hybridized carbons (Fsp3) is 0.429. The lowest BCUT2D eigenvalue weighted by molar-refractivity contribution is 0.0696. The Morgan fingerprint density at radius 2 is 2.00 bits per heavy atom. The fourth-order valence-electron chi connectivity index (χ4n) is 1.52. The van der Waals surface area contributed by atoms with E-state index in [9.17, 15) is 9.59 Å². The molecule has 3 N–H and O–H groups in total. The number of hydrogen-bond donors (Lipinski definition) is 3. The first kappa shape index (κ1) is 16.4. The molecular weight excluding hydrogens is 276 g/mol. The number of carbonyl (C=O) groups is 2. The van der Waals surface area contributed by atoms with Crippen molar-refractivity contribution >= 4 is 29.4 Å². The monoisotopic (exact) mass is 296 g/mol. The number of aryl methyl sites for hydroxylation is 1. The fourth-order valence-corrected chi connectivity index (χ4v) is 1.74. The summed E-state index contributed by atoms with van der Waals surface area (Å²) in [6.45, 7) is 6.34. The van der Waals surface area contributed by atoms with E-state index >= 15 is 0 Å². The van der Waals surface area contributed by atoms with Gasteiger partial charge in [0, 0.05) is 17.0 Å². The van der Waals surface area contributed by atoms with Gasteiger partial charge in [-0.05, 0) is 50.8 Å². The minimum absolute atomic E-state index is 0.0274. The first-order chi connectivity index (χ1) is 9.25. The third-order valence-electron chi connectivity index (χ3n) is 2.94. The molecule has 5 nitrogen and oxygen atoms in total. The third kappa shape index (κ3) is 4.77. The van der Waals surface area contributed by atoms with Gasteiger partial charge in [0.25, 0.3) is 0 Å². The molecule has 1 rings (SSSR count). The highest BCUT2D eigenvalue weighted by Crippen LogP contribution is 2.19. The Kier molecular flexibility index (Phi) is 5.44. The van der Waals surface area contributed by atoms with Crippen molar-refractivity contribution in [3.8, 4) is 0 Å². The number of carboxylic acid groups (broad SMARTS) is 1. The average Bonchev–Trinajstić information content (AvgIpc) is 2.36. The zero-order chi connectivity index (χ0) is 15.3. The van der Waals surface area contributed by atoms with Crippen molar-refractivity contribution < 1.29 is 14.7 Å². The van der Waals surface area contributed by atoms with Crippen LogP contribution in [0.15, 0.2) is 18.2 Å². The van der Waals surface area contributed by atoms with Crippen molar-refractivity contribution in [1.82, 2.24) is 5.32 Å². The highest BCUT2D eigenvalue weighted by Gasteiger charge is 2.17. The molecule has 0 saturated carbocycles. The number of hydrogen-bond acceptors (Lipinski definition) is 3. The van der Waals surface area contributed by atoms with Gasteiger partial charge >= 0.3 is 12.0 Å². The van der Waals surface area contributed by atoms with Crippen molar-refractivity contribution in [1.29, 1.82) is 0 Å². The van der Waals surface area contributed by atoms with Gasteiger partial charge in [0.05, 0.1) is 5.56 Å². The summed E-state index contributed by atoms with van der Waals surface area (Å²) in [6.07, 6.45) is 1.99. The molecule has 20 heavy (non-hydrogen) atoms. The zero-order valence-corrected chi connectivity index (χ0v) is 12.9. The standard InChI is InChI=1S/C14H20N2O3S/c1-9-7-10(5-6-11(9)12(17)18)16-13(19)15-8-14(2,3)20-4/h5-7H,8H2,1-4H3,(H,17,18)(H2,15,16,19). The van der Waals surface area contributed by atoms with Crippen LogP contribution in [-0.4, -0.2) is 34.7 Å². The van der Waals surface area contributed by atoms with Gasteiger partial charge in [-0.15, -0.1) is 0 Å². The minimum Gasteiger partial charge on any atom is -0.478 e. The average molecular weight is 296 g/mol. The normalized spacial score (nSPS) is 11.0. The maximum Gasteiger partial charge on any atom is 0.335 e. The number of nitrogens with one attached hydrogen (secondary N) is 2. The SMILES string of the molecule is CSC(C)(C)CNC(=O)Nc1ccc(C(=O)O)c(C)c1. The summed E-state index contributed by atoms with van der Waals surface area (Å²) in [6, 6.07) is 4.41. The molecule has 0 fully saturated rings. The molecular formula is C14H20N2O3S. The van der Waals surface area contributed by atoms with Crippen molar-refractivity contribution in [2.45, 2.75) is 25.5 Å². The Balaban J connectivity index is 2.63. The van der Waals surface area contributed by atoms with Crippen LogP contribution in [0.4, 0.5) is 10.5 Å². The van der Waals surface area contributed by atoms with Crippen LogP contribution in [0.25, 0.3) is 0 Å². The van der Waals surface area contributed by atoms with E-state index in [1.807, 2.05) is 20.1 Å². The quantitative estimate of drug-likeness (QED) is 0.780. The van der Waals surface area contributed by atoms with Crippen molar-refractivity contribution in [2.24, 2.45) is 0 Å². The van der Waals surface area contributed by atoms with Gasteiger partial charge in [-0.2, -0.15) is 11.8 Å². The molecule has 0 radical (unpaired) electrons. The van der Waals surface area contributed by atoms with Gasteiger partial charge in [0.1, 0.15) is 0 Å². The van der Waals surface area contributed by atoms with Crippen molar-refractivity contribution in [2.75, 3.05) is 18.1 Å². The predicted molar refractivity (Wildman–Crippen MR) is 82.8 cm³/mol. The smallest absolute Gasteiger partial charge is 0.335 e. The molecule has 0 heterocycles. The molecule has 0 atom stereocenters. The Hall–Kier alpha value is -1.69. The van der Waals surface area contributed by atoms with Gasteiger partial charge in [0.15, 0.2) is 0 Å². The largest absolute Gasteiger partial charge is 0.478 e. The lowest BCUT2D eigenvalue weighted by Crippen LogP contribution is -2.38. The molecule has 0 bridgehead atoms. The van der Waals surface area contributed by atoms with Gasteiger partial charge in [0.2, 0.25) is 0 Å². The summed E-state index contributed by atoms with van der Waals surface area (Å²) in [5.41, 5.74) is 1.42. The van der Waals surface area contributed by atoms with E-state index in [0.717, 1.165) is 0 Å². The third-order valence-corrected chi connectivity index (χ3v) is 4.19. The first-order valence-electron chi connectivity index (χ1n) is 6.19. The number of aromatic carboxylic acids is 1. The van der Waals surface area contributed by atoms with E-state index in [0.29, 0.717) is 17.8 Å². The van der Waals surface area contributed by atoms with E-state index in [-0.39, 0.29) is 16.3 Å². The maximum absolute atomic E-state index is 11.8. The van der Waals surface area contributed by atoms with Gasteiger partial charge in [-0.25, -0.2) is 9.59 Å². The second-order valence-electron chi connectivity index (χ2n) is 5.11. The molecule has 0 aliphatic rings. The number of urea groups is 1. The van der Waals surface area contributed by atoms with E-state index in [2.05, 4.69) is 10.6 Å². The molecule has 110 valence electrons. The molecule has 0 saturated heterocycles. The van der Waals surface area contributed by atoms with E-state index < -0.39 is 5.97 Å². The van der Waals surface area contributed by atoms with E-state index in [1.165, 1.54) is 6.07 Å². The summed E-state index contributed by atoms with van der Waals surface area (Å²) in [4.78, 5) is 22.7. The van der Waals surface area contributed by atoms with Crippen LogP contribution in [0.5, 0.6) is 0 Å². The van der Waals surface area contributed by atoms with Crippen LogP contribution in [0.2, 0.25) is 0 Å². The number of anilines is 1. The molecule has 1 aromatic rings. The molecule has 0 unspecified atom stereocenters. The molecule has 6 heteroatoms. The number of thioether (sulfide) groups is 1. The summed E-state index contributed by atoms with van der Waals surface area (Å²) in [5.74, 6) is -0.972. The summed E-state index contributed by atoms with van der Waals surface area (Å²) >= 11 is 1.68. The molecule has 0 spiro atoms. The maximum atomic E-state index is 11.8. The van der Waals surface area contributed by atoms with Gasteiger partial charge in [-0.3, -0.25) is 0 Å². The molecule has 0 aromatic heterocycles. The minimum atomic E-state index is -0.972. The van der Waals surface area contributed by atoms with Crippen molar-refractivity contribution in [3.05, 3.63) is 29.3 Å². The first-order valence-corrected chi connectivity index (χ1v) is 7.41. The van der Waals surface area contributed by atoms with Gasteiger partial charge in [-0.1, -0.05) is 0 Å².